The lowest BCUT2D eigenvalue weighted by molar-refractivity contribution is -0.122. The van der Waals surface area contributed by atoms with E-state index in [9.17, 15) is 18.0 Å². The van der Waals surface area contributed by atoms with Gasteiger partial charge < -0.3 is 15.2 Å². The van der Waals surface area contributed by atoms with Crippen LogP contribution in [0.15, 0.2) is 33.7 Å². The maximum atomic E-state index is 12.4. The zero-order chi connectivity index (χ0) is 24.1. The molecule has 4 N–H and O–H groups in total. The fourth-order valence-corrected chi connectivity index (χ4v) is 4.70. The molecule has 0 bridgehead atoms. The zero-order valence-corrected chi connectivity index (χ0v) is 19.8. The number of benzene rings is 1. The Labute approximate surface area is 193 Å². The van der Waals surface area contributed by atoms with Gasteiger partial charge in [0.15, 0.2) is 5.82 Å². The van der Waals surface area contributed by atoms with Crippen LogP contribution in [0.5, 0.6) is 0 Å². The predicted molar refractivity (Wildman–Crippen MR) is 120 cm³/mol. The molecule has 1 aliphatic carbocycles. The summed E-state index contributed by atoms with van der Waals surface area (Å²) in [7, 11) is -3.76. The number of nitrogens with two attached hydrogens (primary N) is 1. The summed E-state index contributed by atoms with van der Waals surface area (Å²) in [6, 6.07) is 5.73. The van der Waals surface area contributed by atoms with Crippen molar-refractivity contribution in [1.82, 2.24) is 20.8 Å². The van der Waals surface area contributed by atoms with E-state index in [1.165, 1.54) is 19.1 Å². The molecule has 1 unspecified atom stereocenters. The number of sulfonamides is 1. The highest BCUT2D eigenvalue weighted by Gasteiger charge is 2.38. The van der Waals surface area contributed by atoms with Gasteiger partial charge in [0.1, 0.15) is 5.54 Å². The van der Waals surface area contributed by atoms with Gasteiger partial charge in [-0.2, -0.15) is 4.98 Å². The molecule has 1 fully saturated rings. The van der Waals surface area contributed by atoms with E-state index in [1.54, 1.807) is 19.1 Å². The summed E-state index contributed by atoms with van der Waals surface area (Å²) in [5.41, 5.74) is 0.130. The van der Waals surface area contributed by atoms with Gasteiger partial charge in [0.25, 0.3) is 0 Å². The fourth-order valence-electron chi connectivity index (χ4n) is 4.19. The van der Waals surface area contributed by atoms with Gasteiger partial charge in [-0.1, -0.05) is 43.0 Å². The van der Waals surface area contributed by atoms with Crippen LogP contribution in [0.25, 0.3) is 0 Å². The minimum absolute atomic E-state index is 0.0164. The second-order valence-corrected chi connectivity index (χ2v) is 10.2. The number of aryl methyl sites for hydroxylation is 1. The molecule has 0 radical (unpaired) electrons. The van der Waals surface area contributed by atoms with Gasteiger partial charge in [-0.3, -0.25) is 9.59 Å². The summed E-state index contributed by atoms with van der Waals surface area (Å²) in [6.07, 6.45) is 6.09. The van der Waals surface area contributed by atoms with Crippen molar-refractivity contribution >= 4 is 21.8 Å². The molecule has 1 saturated carbocycles. The van der Waals surface area contributed by atoms with Crippen LogP contribution < -0.4 is 15.8 Å². The van der Waals surface area contributed by atoms with Crippen molar-refractivity contribution in [3.8, 4) is 0 Å². The first-order valence-corrected chi connectivity index (χ1v) is 12.7. The van der Waals surface area contributed by atoms with E-state index >= 15 is 0 Å². The molecular formula is C22H31N5O5S. The number of hydrogen-bond acceptors (Lipinski definition) is 7. The minimum atomic E-state index is -3.76. The number of rotatable bonds is 8. The molecule has 1 aliphatic rings. The second-order valence-electron chi connectivity index (χ2n) is 8.59. The van der Waals surface area contributed by atoms with Crippen molar-refractivity contribution in [1.29, 1.82) is 0 Å². The fraction of sp³-hybridized carbons (Fsp3) is 0.545. The van der Waals surface area contributed by atoms with E-state index in [4.69, 9.17) is 9.66 Å². The van der Waals surface area contributed by atoms with Crippen LogP contribution in [0.1, 0.15) is 82.1 Å². The van der Waals surface area contributed by atoms with Gasteiger partial charge in [0.05, 0.1) is 10.9 Å². The first-order chi connectivity index (χ1) is 15.6. The monoisotopic (exact) mass is 477 g/mol. The average Bonchev–Trinajstić information content (AvgIpc) is 3.11. The molecule has 1 aromatic heterocycles. The summed E-state index contributed by atoms with van der Waals surface area (Å²) in [6.45, 7) is 3.29. The molecule has 1 aromatic carbocycles. The molecule has 1 atom stereocenters. The lowest BCUT2D eigenvalue weighted by Crippen LogP contribution is -2.45. The highest BCUT2D eigenvalue weighted by atomic mass is 32.2. The topological polar surface area (TPSA) is 157 Å². The Morgan fingerprint density at radius 1 is 1.15 bits per heavy atom. The largest absolute Gasteiger partial charge is 0.350 e. The van der Waals surface area contributed by atoms with Crippen molar-refractivity contribution in [3.05, 3.63) is 41.5 Å². The van der Waals surface area contributed by atoms with E-state index in [0.29, 0.717) is 11.7 Å². The number of aromatic nitrogens is 2. The summed E-state index contributed by atoms with van der Waals surface area (Å²) >= 11 is 0. The lowest BCUT2D eigenvalue weighted by atomic mass is 9.89. The van der Waals surface area contributed by atoms with Gasteiger partial charge in [-0.25, -0.2) is 13.6 Å². The molecule has 3 rings (SSSR count). The summed E-state index contributed by atoms with van der Waals surface area (Å²) < 4.78 is 28.1. The third-order valence-electron chi connectivity index (χ3n) is 5.92. The van der Waals surface area contributed by atoms with Crippen LogP contribution in [0, 0.1) is 0 Å². The first-order valence-electron chi connectivity index (χ1n) is 11.1. The number of amides is 2. The maximum absolute atomic E-state index is 12.4. The number of nitrogens with one attached hydrogen (secondary N) is 2. The van der Waals surface area contributed by atoms with E-state index in [-0.39, 0.29) is 35.6 Å². The second kappa shape index (κ2) is 10.4. The molecule has 10 nitrogen and oxygen atoms in total. The van der Waals surface area contributed by atoms with Gasteiger partial charge >= 0.3 is 0 Å². The Morgan fingerprint density at radius 2 is 1.79 bits per heavy atom. The molecule has 2 aromatic rings. The smallest absolute Gasteiger partial charge is 0.238 e. The third kappa shape index (κ3) is 6.61. The van der Waals surface area contributed by atoms with Crippen LogP contribution in [0.4, 0.5) is 0 Å². The Bertz CT molecular complexity index is 1070. The van der Waals surface area contributed by atoms with E-state index < -0.39 is 15.6 Å². The number of primary sulfonamides is 1. The Kier molecular flexibility index (Phi) is 7.85. The van der Waals surface area contributed by atoms with E-state index in [1.807, 2.05) is 0 Å². The van der Waals surface area contributed by atoms with Gasteiger partial charge in [-0.05, 0) is 37.5 Å². The highest BCUT2D eigenvalue weighted by molar-refractivity contribution is 7.89. The van der Waals surface area contributed by atoms with Gasteiger partial charge in [-0.15, -0.1) is 0 Å². The van der Waals surface area contributed by atoms with E-state index in [0.717, 1.165) is 44.1 Å². The first kappa shape index (κ1) is 24.8. The minimum Gasteiger partial charge on any atom is -0.350 e. The number of carbonyl (C=O) groups excluding carboxylic acids is 2. The van der Waals surface area contributed by atoms with E-state index in [2.05, 4.69) is 20.8 Å². The van der Waals surface area contributed by atoms with Crippen LogP contribution in [-0.2, 0) is 31.6 Å². The molecular weight excluding hydrogens is 446 g/mol. The van der Waals surface area contributed by atoms with Crippen LogP contribution in [0.3, 0.4) is 0 Å². The van der Waals surface area contributed by atoms with Gasteiger partial charge in [0.2, 0.25) is 27.7 Å². The SMILES string of the molecule is CC(=O)NC1(c2noc(CCC(=O)NC(C)c3ccc(S(N)(=O)=O)cc3)n2)CCCCCC1. The summed E-state index contributed by atoms with van der Waals surface area (Å²) in [5, 5.41) is 15.1. The predicted octanol–water partition coefficient (Wildman–Crippen LogP) is 2.21. The normalized spacial score (nSPS) is 17.1. The average molecular weight is 478 g/mol. The molecule has 11 heteroatoms. The quantitative estimate of drug-likeness (QED) is 0.492. The molecule has 2 amide bonds. The Morgan fingerprint density at radius 3 is 2.36 bits per heavy atom. The number of hydrogen-bond donors (Lipinski definition) is 3. The summed E-state index contributed by atoms with van der Waals surface area (Å²) in [5.74, 6) is 0.482. The molecule has 33 heavy (non-hydrogen) atoms. The highest BCUT2D eigenvalue weighted by Crippen LogP contribution is 2.34. The molecule has 1 heterocycles. The van der Waals surface area contributed by atoms with Crippen molar-refractivity contribution in [2.24, 2.45) is 5.14 Å². The zero-order valence-electron chi connectivity index (χ0n) is 19.0. The maximum Gasteiger partial charge on any atom is 0.238 e. The molecule has 180 valence electrons. The van der Waals surface area contributed by atoms with Crippen LogP contribution in [-0.4, -0.2) is 30.4 Å². The van der Waals surface area contributed by atoms with Crippen LogP contribution in [0.2, 0.25) is 0 Å². The Hall–Kier alpha value is -2.79. The molecule has 0 spiro atoms. The molecule has 0 aliphatic heterocycles. The number of carbonyl (C=O) groups is 2. The van der Waals surface area contributed by atoms with Crippen LogP contribution >= 0.6 is 0 Å². The molecule has 0 saturated heterocycles. The Balaban J connectivity index is 1.59. The van der Waals surface area contributed by atoms with Gasteiger partial charge in [0, 0.05) is 19.8 Å². The lowest BCUT2D eigenvalue weighted by Gasteiger charge is -2.30. The third-order valence-corrected chi connectivity index (χ3v) is 6.85. The van der Waals surface area contributed by atoms with Crippen molar-refractivity contribution < 1.29 is 22.5 Å². The number of nitrogens with zero attached hydrogens (tertiary/aromatic N) is 2. The standard InChI is InChI=1S/C22H31N5O5S/c1-15(17-7-9-18(10-8-17)33(23,30)31)24-19(29)11-12-20-25-21(27-32-20)22(26-16(2)28)13-5-3-4-6-14-22/h7-10,15H,3-6,11-14H2,1-2H3,(H,24,29)(H,26,28)(H2,23,30,31). The van der Waals surface area contributed by atoms with Crippen molar-refractivity contribution in [2.45, 2.75) is 81.7 Å². The summed E-state index contributed by atoms with van der Waals surface area (Å²) in [4.78, 5) is 28.8. The van der Waals surface area contributed by atoms with Crippen molar-refractivity contribution in [3.63, 3.8) is 0 Å². The van der Waals surface area contributed by atoms with Crippen molar-refractivity contribution in [2.75, 3.05) is 0 Å².